The number of nitrogens with zero attached hydrogens (tertiary/aromatic N) is 2. The van der Waals surface area contributed by atoms with E-state index in [9.17, 15) is 8.42 Å². The molecule has 104 valence electrons. The Morgan fingerprint density at radius 3 is 2.61 bits per heavy atom. The summed E-state index contributed by atoms with van der Waals surface area (Å²) in [7, 11) is -3.26. The molecule has 0 spiro atoms. The Balaban J connectivity index is 2.53. The Hall–Kier alpha value is -1.19. The van der Waals surface area contributed by atoms with Gasteiger partial charge in [0.15, 0.2) is 0 Å². The summed E-state index contributed by atoms with van der Waals surface area (Å²) >= 11 is 0. The Bertz CT molecular complexity index is 482. The Morgan fingerprint density at radius 2 is 2.06 bits per heavy atom. The molecule has 0 aliphatic rings. The van der Waals surface area contributed by atoms with Crippen LogP contribution in [0.1, 0.15) is 19.7 Å². The molecule has 0 bridgehead atoms. The summed E-state index contributed by atoms with van der Waals surface area (Å²) in [5, 5.41) is 10.4. The van der Waals surface area contributed by atoms with Crippen LogP contribution in [0.2, 0.25) is 0 Å². The lowest BCUT2D eigenvalue weighted by atomic mass is 10.1. The summed E-state index contributed by atoms with van der Waals surface area (Å²) in [5.74, 6) is 0.453. The lowest BCUT2D eigenvalue weighted by molar-refractivity contribution is 0.459. The van der Waals surface area contributed by atoms with Gasteiger partial charge in [0.1, 0.15) is 0 Å². The van der Waals surface area contributed by atoms with Crippen LogP contribution in [0.25, 0.3) is 0 Å². The molecule has 0 radical (unpaired) electrons. The number of sulfonamides is 1. The first-order valence-corrected chi connectivity index (χ1v) is 7.36. The maximum Gasteiger partial charge on any atom is 0.315 e. The highest BCUT2D eigenvalue weighted by Gasteiger charge is 2.22. The summed E-state index contributed by atoms with van der Waals surface area (Å²) < 4.78 is 30.0. The fourth-order valence-electron chi connectivity index (χ4n) is 1.38. The molecule has 0 saturated heterocycles. The highest BCUT2D eigenvalue weighted by Crippen LogP contribution is 2.09. The standard InChI is InChI=1S/C9H19N5O3S/c1-9(2,14-18(3,15)16)6-11-8-13-12-7(17-8)4-5-10/h14H,4-6,10H2,1-3H3,(H,11,13). The first kappa shape index (κ1) is 14.9. The van der Waals surface area contributed by atoms with E-state index in [4.69, 9.17) is 10.2 Å². The summed E-state index contributed by atoms with van der Waals surface area (Å²) in [6, 6.07) is 0.252. The Kier molecular flexibility index (Phi) is 4.65. The maximum absolute atomic E-state index is 11.1. The van der Waals surface area contributed by atoms with E-state index in [0.717, 1.165) is 6.26 Å². The van der Waals surface area contributed by atoms with Crippen LogP contribution in [0.4, 0.5) is 6.01 Å². The van der Waals surface area contributed by atoms with Gasteiger partial charge in [-0.05, 0) is 13.8 Å². The summed E-state index contributed by atoms with van der Waals surface area (Å²) in [4.78, 5) is 0. The first-order valence-electron chi connectivity index (χ1n) is 5.47. The minimum Gasteiger partial charge on any atom is -0.408 e. The molecule has 4 N–H and O–H groups in total. The Labute approximate surface area is 106 Å². The fraction of sp³-hybridized carbons (Fsp3) is 0.778. The third-order valence-corrected chi connectivity index (χ3v) is 2.89. The van der Waals surface area contributed by atoms with Crippen LogP contribution in [0.5, 0.6) is 0 Å². The molecular weight excluding hydrogens is 258 g/mol. The van der Waals surface area contributed by atoms with Crippen molar-refractivity contribution in [2.45, 2.75) is 25.8 Å². The molecule has 1 aromatic heterocycles. The first-order chi connectivity index (χ1) is 8.22. The van der Waals surface area contributed by atoms with E-state index in [1.807, 2.05) is 0 Å². The van der Waals surface area contributed by atoms with Crippen LogP contribution in [-0.2, 0) is 16.4 Å². The molecule has 18 heavy (non-hydrogen) atoms. The van der Waals surface area contributed by atoms with Gasteiger partial charge >= 0.3 is 6.01 Å². The van der Waals surface area contributed by atoms with E-state index in [1.165, 1.54) is 0 Å². The van der Waals surface area contributed by atoms with E-state index in [0.29, 0.717) is 25.4 Å². The van der Waals surface area contributed by atoms with Crippen LogP contribution in [0.15, 0.2) is 4.42 Å². The van der Waals surface area contributed by atoms with Gasteiger partial charge in [0.25, 0.3) is 0 Å². The fourth-order valence-corrected chi connectivity index (χ4v) is 2.46. The number of anilines is 1. The molecule has 0 aliphatic carbocycles. The second kappa shape index (κ2) is 5.63. The third-order valence-electron chi connectivity index (χ3n) is 1.97. The van der Waals surface area contributed by atoms with E-state index >= 15 is 0 Å². The van der Waals surface area contributed by atoms with Crippen molar-refractivity contribution in [2.24, 2.45) is 5.73 Å². The van der Waals surface area contributed by atoms with Crippen molar-refractivity contribution < 1.29 is 12.8 Å². The van der Waals surface area contributed by atoms with Crippen LogP contribution >= 0.6 is 0 Å². The highest BCUT2D eigenvalue weighted by atomic mass is 32.2. The normalized spacial score (nSPS) is 12.7. The molecule has 1 aromatic rings. The van der Waals surface area contributed by atoms with Crippen molar-refractivity contribution in [3.05, 3.63) is 5.89 Å². The topological polar surface area (TPSA) is 123 Å². The van der Waals surface area contributed by atoms with E-state index in [-0.39, 0.29) is 6.01 Å². The zero-order valence-corrected chi connectivity index (χ0v) is 11.5. The lowest BCUT2D eigenvalue weighted by Crippen LogP contribution is -2.47. The van der Waals surface area contributed by atoms with E-state index < -0.39 is 15.6 Å². The van der Waals surface area contributed by atoms with Crippen LogP contribution in [0, 0.1) is 0 Å². The van der Waals surface area contributed by atoms with Gasteiger partial charge in [-0.3, -0.25) is 0 Å². The summed E-state index contributed by atoms with van der Waals surface area (Å²) in [5.41, 5.74) is 4.70. The minimum atomic E-state index is -3.26. The molecule has 0 unspecified atom stereocenters. The van der Waals surface area contributed by atoms with Crippen LogP contribution in [0.3, 0.4) is 0 Å². The van der Waals surface area contributed by atoms with Crippen LogP contribution < -0.4 is 15.8 Å². The number of nitrogens with one attached hydrogen (secondary N) is 2. The van der Waals surface area contributed by atoms with Gasteiger partial charge in [-0.15, -0.1) is 5.10 Å². The average molecular weight is 277 g/mol. The highest BCUT2D eigenvalue weighted by molar-refractivity contribution is 7.88. The van der Waals surface area contributed by atoms with Gasteiger partial charge in [0, 0.05) is 25.0 Å². The van der Waals surface area contributed by atoms with Gasteiger partial charge in [0.2, 0.25) is 15.9 Å². The van der Waals surface area contributed by atoms with Gasteiger partial charge in [-0.25, -0.2) is 13.1 Å². The van der Waals surface area contributed by atoms with Crippen molar-refractivity contribution in [1.82, 2.24) is 14.9 Å². The zero-order valence-electron chi connectivity index (χ0n) is 10.7. The largest absolute Gasteiger partial charge is 0.408 e. The predicted octanol–water partition coefficient (Wildman–Crippen LogP) is -0.689. The molecule has 0 fully saturated rings. The molecule has 0 saturated carbocycles. The van der Waals surface area contributed by atoms with Crippen LogP contribution in [-0.4, -0.2) is 43.5 Å². The molecule has 8 nitrogen and oxygen atoms in total. The van der Waals surface area contributed by atoms with Gasteiger partial charge in [-0.2, -0.15) is 0 Å². The van der Waals surface area contributed by atoms with Crippen molar-refractivity contribution in [1.29, 1.82) is 0 Å². The number of hydrogen-bond donors (Lipinski definition) is 3. The molecule has 1 rings (SSSR count). The number of nitrogens with two attached hydrogens (primary N) is 1. The number of aromatic nitrogens is 2. The number of rotatable bonds is 7. The Morgan fingerprint density at radius 1 is 1.39 bits per heavy atom. The molecule has 1 heterocycles. The molecular formula is C9H19N5O3S. The van der Waals surface area contributed by atoms with Gasteiger partial charge in [-0.1, -0.05) is 5.10 Å². The average Bonchev–Trinajstić information content (AvgIpc) is 2.60. The van der Waals surface area contributed by atoms with E-state index in [2.05, 4.69) is 20.2 Å². The van der Waals surface area contributed by atoms with Crippen molar-refractivity contribution in [3.63, 3.8) is 0 Å². The van der Waals surface area contributed by atoms with Crippen molar-refractivity contribution in [2.75, 3.05) is 24.7 Å². The maximum atomic E-state index is 11.1. The number of hydrogen-bond acceptors (Lipinski definition) is 7. The molecule has 0 amide bonds. The lowest BCUT2D eigenvalue weighted by Gasteiger charge is -2.24. The smallest absolute Gasteiger partial charge is 0.315 e. The predicted molar refractivity (Wildman–Crippen MR) is 67.6 cm³/mol. The zero-order chi connectivity index (χ0) is 13.8. The van der Waals surface area contributed by atoms with E-state index in [1.54, 1.807) is 13.8 Å². The second-order valence-electron chi connectivity index (χ2n) is 4.65. The third kappa shape index (κ3) is 5.43. The van der Waals surface area contributed by atoms with Crippen molar-refractivity contribution >= 4 is 16.0 Å². The summed E-state index contributed by atoms with van der Waals surface area (Å²) in [6.45, 7) is 4.25. The monoisotopic (exact) mass is 277 g/mol. The summed E-state index contributed by atoms with van der Waals surface area (Å²) in [6.07, 6.45) is 1.63. The van der Waals surface area contributed by atoms with Crippen molar-refractivity contribution in [3.8, 4) is 0 Å². The molecule has 0 aliphatic heterocycles. The molecule has 0 aromatic carbocycles. The molecule has 9 heteroatoms. The van der Waals surface area contributed by atoms with Gasteiger partial charge < -0.3 is 15.5 Å². The quantitative estimate of drug-likeness (QED) is 0.602. The minimum absolute atomic E-state index is 0.252. The van der Waals surface area contributed by atoms with Gasteiger partial charge in [0.05, 0.1) is 6.26 Å². The SMILES string of the molecule is CC(C)(CNc1nnc(CCN)o1)NS(C)(=O)=O. The molecule has 0 atom stereocenters. The second-order valence-corrected chi connectivity index (χ2v) is 6.40.